The van der Waals surface area contributed by atoms with Crippen molar-refractivity contribution < 1.29 is 18.0 Å². The summed E-state index contributed by atoms with van der Waals surface area (Å²) in [4.78, 5) is 26.8. The molecule has 0 aromatic heterocycles. The minimum atomic E-state index is -3.73. The molecule has 34 heavy (non-hydrogen) atoms. The predicted molar refractivity (Wildman–Crippen MR) is 131 cm³/mol. The van der Waals surface area contributed by atoms with Gasteiger partial charge in [0.15, 0.2) is 0 Å². The Labute approximate surface area is 201 Å². The van der Waals surface area contributed by atoms with Crippen LogP contribution in [0.3, 0.4) is 0 Å². The zero-order valence-corrected chi connectivity index (χ0v) is 20.1. The Morgan fingerprint density at radius 2 is 1.65 bits per heavy atom. The van der Waals surface area contributed by atoms with Crippen LogP contribution in [0.4, 0.5) is 5.69 Å². The zero-order valence-electron chi connectivity index (χ0n) is 19.3. The zero-order chi connectivity index (χ0) is 24.1. The molecular weight excluding hydrogens is 452 g/mol. The van der Waals surface area contributed by atoms with Crippen LogP contribution in [0, 0.1) is 5.92 Å². The van der Waals surface area contributed by atoms with Gasteiger partial charge in [-0.25, -0.2) is 8.42 Å². The van der Waals surface area contributed by atoms with E-state index in [9.17, 15) is 18.0 Å². The second-order valence-corrected chi connectivity index (χ2v) is 11.0. The second kappa shape index (κ2) is 10.7. The molecule has 0 bridgehead atoms. The monoisotopic (exact) mass is 484 g/mol. The van der Waals surface area contributed by atoms with Gasteiger partial charge in [-0.05, 0) is 62.1 Å². The Morgan fingerprint density at radius 3 is 2.35 bits per heavy atom. The van der Waals surface area contributed by atoms with Crippen molar-refractivity contribution in [1.82, 2.24) is 9.21 Å². The fraction of sp³-hybridized carbons (Fsp3) is 0.440. The Hall–Kier alpha value is -2.75. The van der Waals surface area contributed by atoms with E-state index >= 15 is 0 Å². The molecule has 2 aliphatic rings. The lowest BCUT2D eigenvalue weighted by Gasteiger charge is -2.31. The van der Waals surface area contributed by atoms with Gasteiger partial charge >= 0.3 is 0 Å². The van der Waals surface area contributed by atoms with Crippen molar-refractivity contribution in [3.05, 3.63) is 59.7 Å². The molecular formula is C25H32N4O4S. The van der Waals surface area contributed by atoms with Gasteiger partial charge < -0.3 is 11.1 Å². The van der Waals surface area contributed by atoms with Gasteiger partial charge in [0.1, 0.15) is 0 Å². The third-order valence-corrected chi connectivity index (χ3v) is 8.55. The average Bonchev–Trinajstić information content (AvgIpc) is 2.86. The van der Waals surface area contributed by atoms with Crippen molar-refractivity contribution in [3.8, 4) is 0 Å². The molecule has 2 heterocycles. The second-order valence-electron chi connectivity index (χ2n) is 9.09. The van der Waals surface area contributed by atoms with Crippen LogP contribution in [0.15, 0.2) is 53.4 Å². The number of anilines is 1. The van der Waals surface area contributed by atoms with Crippen LogP contribution in [0.5, 0.6) is 0 Å². The molecule has 182 valence electrons. The van der Waals surface area contributed by atoms with E-state index in [0.717, 1.165) is 44.2 Å². The molecule has 1 atom stereocenters. The van der Waals surface area contributed by atoms with Gasteiger partial charge in [-0.2, -0.15) is 4.31 Å². The number of carbonyl (C=O) groups excluding carboxylic acids is 2. The predicted octanol–water partition coefficient (Wildman–Crippen LogP) is 2.81. The van der Waals surface area contributed by atoms with Crippen molar-refractivity contribution in [2.75, 3.05) is 31.5 Å². The van der Waals surface area contributed by atoms with Gasteiger partial charge in [0.05, 0.1) is 16.4 Å². The maximum absolute atomic E-state index is 13.2. The average molecular weight is 485 g/mol. The summed E-state index contributed by atoms with van der Waals surface area (Å²) in [6, 6.07) is 13.8. The number of sulfonamides is 1. The first-order valence-corrected chi connectivity index (χ1v) is 13.3. The number of benzene rings is 2. The Kier molecular flexibility index (Phi) is 7.65. The summed E-state index contributed by atoms with van der Waals surface area (Å²) < 4.78 is 27.8. The van der Waals surface area contributed by atoms with Crippen LogP contribution in [0.1, 0.15) is 48.0 Å². The summed E-state index contributed by atoms with van der Waals surface area (Å²) in [5.74, 6) is -0.803. The number of rotatable bonds is 7. The molecule has 9 heteroatoms. The van der Waals surface area contributed by atoms with E-state index in [1.165, 1.54) is 10.4 Å². The van der Waals surface area contributed by atoms with Crippen molar-refractivity contribution in [1.29, 1.82) is 0 Å². The van der Waals surface area contributed by atoms with Crippen molar-refractivity contribution >= 4 is 27.5 Å². The van der Waals surface area contributed by atoms with E-state index in [4.69, 9.17) is 5.73 Å². The SMILES string of the molecule is NC(=O)C1CCCN(Cc2ccc(NC(=O)c3ccccc3S(=O)(=O)N3CCCCC3)cc2)C1. The van der Waals surface area contributed by atoms with E-state index < -0.39 is 15.9 Å². The lowest BCUT2D eigenvalue weighted by atomic mass is 9.97. The van der Waals surface area contributed by atoms with Crippen molar-refractivity contribution in [2.45, 2.75) is 43.5 Å². The minimum Gasteiger partial charge on any atom is -0.369 e. The maximum Gasteiger partial charge on any atom is 0.257 e. The van der Waals surface area contributed by atoms with Crippen LogP contribution in [-0.4, -0.2) is 55.6 Å². The van der Waals surface area contributed by atoms with E-state index in [2.05, 4.69) is 10.2 Å². The van der Waals surface area contributed by atoms with Gasteiger partial charge in [0.2, 0.25) is 15.9 Å². The summed E-state index contributed by atoms with van der Waals surface area (Å²) in [6.07, 6.45) is 4.47. The number of piperidine rings is 2. The van der Waals surface area contributed by atoms with Crippen LogP contribution in [0.25, 0.3) is 0 Å². The molecule has 0 radical (unpaired) electrons. The molecule has 0 aliphatic carbocycles. The number of amides is 2. The summed E-state index contributed by atoms with van der Waals surface area (Å²) >= 11 is 0. The Balaban J connectivity index is 1.43. The van der Waals surface area contributed by atoms with Crippen LogP contribution >= 0.6 is 0 Å². The number of primary amides is 1. The summed E-state index contributed by atoms with van der Waals surface area (Å²) in [5.41, 5.74) is 7.27. The van der Waals surface area contributed by atoms with Crippen molar-refractivity contribution in [2.24, 2.45) is 11.7 Å². The van der Waals surface area contributed by atoms with Gasteiger partial charge in [-0.1, -0.05) is 30.7 Å². The molecule has 2 amide bonds. The third-order valence-electron chi connectivity index (χ3n) is 6.59. The lowest BCUT2D eigenvalue weighted by molar-refractivity contribution is -0.123. The summed E-state index contributed by atoms with van der Waals surface area (Å²) in [7, 11) is -3.73. The van der Waals surface area contributed by atoms with Gasteiger partial charge in [-0.3, -0.25) is 14.5 Å². The molecule has 2 fully saturated rings. The molecule has 2 aromatic carbocycles. The first kappa shape index (κ1) is 24.4. The molecule has 2 aromatic rings. The number of nitrogens with zero attached hydrogens (tertiary/aromatic N) is 2. The highest BCUT2D eigenvalue weighted by Crippen LogP contribution is 2.25. The Bertz CT molecular complexity index is 1130. The van der Waals surface area contributed by atoms with E-state index in [1.54, 1.807) is 18.2 Å². The topological polar surface area (TPSA) is 113 Å². The minimum absolute atomic E-state index is 0.0418. The fourth-order valence-corrected chi connectivity index (χ4v) is 6.41. The number of carbonyl (C=O) groups is 2. The van der Waals surface area contributed by atoms with E-state index in [-0.39, 0.29) is 22.3 Å². The van der Waals surface area contributed by atoms with E-state index in [1.807, 2.05) is 24.3 Å². The highest BCUT2D eigenvalue weighted by molar-refractivity contribution is 7.89. The Morgan fingerprint density at radius 1 is 0.941 bits per heavy atom. The quantitative estimate of drug-likeness (QED) is 0.628. The smallest absolute Gasteiger partial charge is 0.257 e. The summed E-state index contributed by atoms with van der Waals surface area (Å²) in [6.45, 7) is 3.25. The molecule has 4 rings (SSSR count). The van der Waals surface area contributed by atoms with Crippen LogP contribution < -0.4 is 11.1 Å². The first-order valence-electron chi connectivity index (χ1n) is 11.9. The fourth-order valence-electron chi connectivity index (χ4n) is 4.70. The highest BCUT2D eigenvalue weighted by atomic mass is 32.2. The largest absolute Gasteiger partial charge is 0.369 e. The highest BCUT2D eigenvalue weighted by Gasteiger charge is 2.30. The normalized spacial score (nSPS) is 20.1. The number of hydrogen-bond donors (Lipinski definition) is 2. The number of likely N-dealkylation sites (tertiary alicyclic amines) is 1. The van der Waals surface area contributed by atoms with Gasteiger partial charge in [0.25, 0.3) is 5.91 Å². The third kappa shape index (κ3) is 5.65. The first-order chi connectivity index (χ1) is 16.3. The molecule has 2 saturated heterocycles. The molecule has 0 spiro atoms. The number of hydrogen-bond acceptors (Lipinski definition) is 5. The van der Waals surface area contributed by atoms with E-state index in [0.29, 0.717) is 31.9 Å². The maximum atomic E-state index is 13.2. The molecule has 2 aliphatic heterocycles. The summed E-state index contributed by atoms with van der Waals surface area (Å²) in [5, 5.41) is 2.83. The lowest BCUT2D eigenvalue weighted by Crippen LogP contribution is -2.40. The number of nitrogens with two attached hydrogens (primary N) is 1. The molecule has 1 unspecified atom stereocenters. The molecule has 3 N–H and O–H groups in total. The van der Waals surface area contributed by atoms with Crippen molar-refractivity contribution in [3.63, 3.8) is 0 Å². The standard InChI is InChI=1S/C25H32N4O4S/c26-24(30)20-7-6-14-28(18-20)17-19-10-12-21(13-11-19)27-25(31)22-8-2-3-9-23(22)34(32,33)29-15-4-1-5-16-29/h2-3,8-13,20H,1,4-7,14-18H2,(H2,26,30)(H,27,31). The van der Waals surface area contributed by atoms with Crippen LogP contribution in [-0.2, 0) is 21.4 Å². The van der Waals surface area contributed by atoms with Gasteiger partial charge in [0, 0.05) is 31.9 Å². The molecule has 0 saturated carbocycles. The van der Waals surface area contributed by atoms with Gasteiger partial charge in [-0.15, -0.1) is 0 Å². The molecule has 8 nitrogen and oxygen atoms in total. The van der Waals surface area contributed by atoms with Crippen LogP contribution in [0.2, 0.25) is 0 Å². The number of nitrogens with one attached hydrogen (secondary N) is 1.